The molecule has 12 heteroatoms. The molecule has 1 amide bonds. The summed E-state index contributed by atoms with van der Waals surface area (Å²) < 4.78 is 31.9. The van der Waals surface area contributed by atoms with E-state index >= 15 is 0 Å². The van der Waals surface area contributed by atoms with E-state index in [9.17, 15) is 13.2 Å². The number of likely N-dealkylation sites (tertiary alicyclic amines) is 1. The number of piperidine rings is 1. The van der Waals surface area contributed by atoms with Crippen LogP contribution in [0.2, 0.25) is 0 Å². The third kappa shape index (κ3) is 3.98. The minimum atomic E-state index is -4.07. The highest BCUT2D eigenvalue weighted by Gasteiger charge is 2.53. The monoisotopic (exact) mass is 657 g/mol. The van der Waals surface area contributed by atoms with Gasteiger partial charge in [0, 0.05) is 49.0 Å². The van der Waals surface area contributed by atoms with Gasteiger partial charge in [0.2, 0.25) is 5.91 Å². The van der Waals surface area contributed by atoms with Crippen LogP contribution in [0, 0.1) is 11.3 Å². The number of aryl methyl sites for hydroxylation is 1. The maximum Gasteiger partial charge on any atom is 0.270 e. The van der Waals surface area contributed by atoms with E-state index in [0.717, 1.165) is 22.0 Å². The first-order chi connectivity index (χ1) is 20.7. The highest BCUT2D eigenvalue weighted by atomic mass is 79.9. The third-order valence-corrected chi connectivity index (χ3v) is 11.7. The van der Waals surface area contributed by atoms with E-state index < -0.39 is 15.4 Å². The van der Waals surface area contributed by atoms with Gasteiger partial charge in [0.1, 0.15) is 4.60 Å². The van der Waals surface area contributed by atoms with Crippen LogP contribution in [0.3, 0.4) is 0 Å². The fraction of sp³-hybridized carbons (Fsp3) is 0.290. The van der Waals surface area contributed by atoms with Gasteiger partial charge in [0.05, 0.1) is 40.0 Å². The van der Waals surface area contributed by atoms with Crippen molar-refractivity contribution in [3.05, 3.63) is 71.1 Å². The number of nitriles is 1. The molecule has 2 aromatic carbocycles. The SMILES string of the molecule is CN1C(=O)C2(CCN(CCC#N)CC2)c2c1cnc1c2c(-c2ccc3c(cnn3C)c2)c(Br)n1S(=O)(=O)c1ccccc1. The minimum absolute atomic E-state index is 0.0137. The number of carbonyl (C=O) groups is 1. The zero-order valence-electron chi connectivity index (χ0n) is 23.7. The van der Waals surface area contributed by atoms with Gasteiger partial charge < -0.3 is 9.80 Å². The number of halogens is 1. The Hall–Kier alpha value is -4.05. The van der Waals surface area contributed by atoms with Crippen molar-refractivity contribution < 1.29 is 13.2 Å². The van der Waals surface area contributed by atoms with E-state index in [1.54, 1.807) is 59.4 Å². The highest BCUT2D eigenvalue weighted by Crippen LogP contribution is 2.54. The molecule has 218 valence electrons. The van der Waals surface area contributed by atoms with Gasteiger partial charge in [-0.25, -0.2) is 17.4 Å². The van der Waals surface area contributed by atoms with Crippen LogP contribution >= 0.6 is 15.9 Å². The van der Waals surface area contributed by atoms with Crippen molar-refractivity contribution in [2.75, 3.05) is 31.6 Å². The Morgan fingerprint density at radius 3 is 2.53 bits per heavy atom. The van der Waals surface area contributed by atoms with E-state index in [1.165, 1.54) is 3.97 Å². The van der Waals surface area contributed by atoms with E-state index in [4.69, 9.17) is 10.2 Å². The molecule has 10 nitrogen and oxygen atoms in total. The molecular formula is C31H28BrN7O3S. The Kier molecular flexibility index (Phi) is 6.46. The number of benzene rings is 2. The topological polar surface area (TPSA) is 117 Å². The Balaban J connectivity index is 1.54. The van der Waals surface area contributed by atoms with Crippen LogP contribution in [0.5, 0.6) is 0 Å². The zero-order chi connectivity index (χ0) is 30.1. The molecule has 0 atom stereocenters. The van der Waals surface area contributed by atoms with E-state index in [0.29, 0.717) is 60.1 Å². The van der Waals surface area contributed by atoms with Crippen LogP contribution in [0.1, 0.15) is 24.8 Å². The van der Waals surface area contributed by atoms with Crippen molar-refractivity contribution in [3.8, 4) is 17.2 Å². The number of likely N-dealkylation sites (N-methyl/N-ethyl adjacent to an activating group) is 1. The first-order valence-electron chi connectivity index (χ1n) is 14.0. The van der Waals surface area contributed by atoms with Gasteiger partial charge >= 0.3 is 0 Å². The standard InChI is InChI=1S/C31H28BrN7O3S/c1-36-24-19-34-29-26(27(24)31(30(36)40)11-15-38(16-12-31)14-6-13-33)25(20-9-10-23-21(17-20)18-35-37(23)2)28(32)39(29)43(41,42)22-7-4-3-5-8-22/h3-5,7-10,17-19H,6,11-12,14-16H2,1-2H3. The second kappa shape index (κ2) is 10.0. The first kappa shape index (κ1) is 27.8. The van der Waals surface area contributed by atoms with Crippen LogP contribution in [0.25, 0.3) is 33.1 Å². The van der Waals surface area contributed by atoms with Crippen molar-refractivity contribution in [3.63, 3.8) is 0 Å². The predicted octanol–water partition coefficient (Wildman–Crippen LogP) is 4.81. The summed E-state index contributed by atoms with van der Waals surface area (Å²) in [6, 6.07) is 16.4. The summed E-state index contributed by atoms with van der Waals surface area (Å²) in [5.41, 5.74) is 3.33. The Morgan fingerprint density at radius 2 is 1.81 bits per heavy atom. The molecule has 7 rings (SSSR count). The smallest absolute Gasteiger partial charge is 0.270 e. The van der Waals surface area contributed by atoms with Gasteiger partial charge in [0.15, 0.2) is 5.65 Å². The number of nitrogens with zero attached hydrogens (tertiary/aromatic N) is 7. The number of fused-ring (bicyclic) bond motifs is 5. The molecule has 1 spiro atoms. The molecule has 0 N–H and O–H groups in total. The number of rotatable bonds is 5. The maximum absolute atomic E-state index is 14.2. The van der Waals surface area contributed by atoms with E-state index in [2.05, 4.69) is 32.0 Å². The molecule has 43 heavy (non-hydrogen) atoms. The quantitative estimate of drug-likeness (QED) is 0.266. The average molecular weight is 659 g/mol. The minimum Gasteiger partial charge on any atom is -0.313 e. The summed E-state index contributed by atoms with van der Waals surface area (Å²) in [6.07, 6.45) is 4.96. The van der Waals surface area contributed by atoms with Crippen LogP contribution in [-0.4, -0.2) is 64.6 Å². The summed E-state index contributed by atoms with van der Waals surface area (Å²) in [7, 11) is -0.434. The van der Waals surface area contributed by atoms with Gasteiger partial charge in [-0.15, -0.1) is 0 Å². The van der Waals surface area contributed by atoms with E-state index in [-0.39, 0.29) is 16.4 Å². The number of carbonyl (C=O) groups excluding carboxylic acids is 1. The lowest BCUT2D eigenvalue weighted by atomic mass is 9.72. The molecule has 0 bridgehead atoms. The number of anilines is 1. The second-order valence-corrected chi connectivity index (χ2v) is 13.7. The molecule has 0 unspecified atom stereocenters. The van der Waals surface area contributed by atoms with E-state index in [1.807, 2.05) is 25.2 Å². The molecule has 0 radical (unpaired) electrons. The Labute approximate surface area is 257 Å². The van der Waals surface area contributed by atoms with Gasteiger partial charge in [-0.3, -0.25) is 9.48 Å². The molecule has 0 aliphatic carbocycles. The molecule has 3 aromatic heterocycles. The van der Waals surface area contributed by atoms with Gasteiger partial charge in [-0.2, -0.15) is 10.4 Å². The summed E-state index contributed by atoms with van der Waals surface area (Å²) >= 11 is 3.71. The van der Waals surface area contributed by atoms with Gasteiger partial charge in [-0.05, 0) is 71.7 Å². The number of hydrogen-bond donors (Lipinski definition) is 0. The lowest BCUT2D eigenvalue weighted by Crippen LogP contribution is -2.48. The third-order valence-electron chi connectivity index (χ3n) is 8.99. The molecule has 2 aliphatic heterocycles. The van der Waals surface area contributed by atoms with Crippen LogP contribution < -0.4 is 4.90 Å². The fourth-order valence-corrected chi connectivity index (χ4v) is 9.33. The zero-order valence-corrected chi connectivity index (χ0v) is 26.1. The Morgan fingerprint density at radius 1 is 1.07 bits per heavy atom. The average Bonchev–Trinajstić information content (AvgIpc) is 3.61. The molecular weight excluding hydrogens is 630 g/mol. The molecule has 1 saturated heterocycles. The maximum atomic E-state index is 14.2. The number of hydrogen-bond acceptors (Lipinski definition) is 7. The van der Waals surface area contributed by atoms with Crippen molar-refractivity contribution in [1.82, 2.24) is 23.6 Å². The molecule has 0 saturated carbocycles. The van der Waals surface area contributed by atoms with Crippen molar-refractivity contribution >= 4 is 59.5 Å². The molecule has 5 heterocycles. The van der Waals surface area contributed by atoms with Crippen molar-refractivity contribution in [2.45, 2.75) is 29.6 Å². The lowest BCUT2D eigenvalue weighted by Gasteiger charge is -2.38. The summed E-state index contributed by atoms with van der Waals surface area (Å²) in [5, 5.41) is 15.1. The fourth-order valence-electron chi connectivity index (χ4n) is 6.79. The van der Waals surface area contributed by atoms with Crippen molar-refractivity contribution in [1.29, 1.82) is 5.26 Å². The molecule has 1 fully saturated rings. The van der Waals surface area contributed by atoms with Gasteiger partial charge in [-0.1, -0.05) is 24.3 Å². The Bertz CT molecular complexity index is 2090. The predicted molar refractivity (Wildman–Crippen MR) is 167 cm³/mol. The molecule has 5 aromatic rings. The van der Waals surface area contributed by atoms with Crippen LogP contribution in [-0.2, 0) is 27.3 Å². The number of pyridine rings is 1. The normalized spacial score (nSPS) is 16.8. The van der Waals surface area contributed by atoms with Crippen LogP contribution in [0.15, 0.2) is 70.4 Å². The first-order valence-corrected chi connectivity index (χ1v) is 16.3. The lowest BCUT2D eigenvalue weighted by molar-refractivity contribution is -0.124. The largest absolute Gasteiger partial charge is 0.313 e. The summed E-state index contributed by atoms with van der Waals surface area (Å²) in [5.74, 6) is -0.0137. The highest BCUT2D eigenvalue weighted by molar-refractivity contribution is 9.10. The second-order valence-electron chi connectivity index (χ2n) is 11.2. The summed E-state index contributed by atoms with van der Waals surface area (Å²) in [4.78, 5) is 22.9. The molecule has 2 aliphatic rings. The van der Waals surface area contributed by atoms with Crippen molar-refractivity contribution in [2.24, 2.45) is 7.05 Å². The van der Waals surface area contributed by atoms with Crippen LogP contribution in [0.4, 0.5) is 5.69 Å². The number of amides is 1. The summed E-state index contributed by atoms with van der Waals surface area (Å²) in [6.45, 7) is 1.97. The van der Waals surface area contributed by atoms with Gasteiger partial charge in [0.25, 0.3) is 10.0 Å². The number of aromatic nitrogens is 4.